The van der Waals surface area contributed by atoms with E-state index in [-0.39, 0.29) is 17.7 Å². The summed E-state index contributed by atoms with van der Waals surface area (Å²) in [6, 6.07) is 16.0. The minimum absolute atomic E-state index is 0.0680. The number of para-hydroxylation sites is 2. The summed E-state index contributed by atoms with van der Waals surface area (Å²) in [6.45, 7) is 0.551. The van der Waals surface area contributed by atoms with E-state index in [0.29, 0.717) is 19.0 Å². The number of rotatable bonds is 5. The molecule has 1 aromatic heterocycles. The number of amides is 2. The summed E-state index contributed by atoms with van der Waals surface area (Å²) in [5, 5.41) is 3.82. The van der Waals surface area contributed by atoms with Crippen LogP contribution in [0.2, 0.25) is 0 Å². The van der Waals surface area contributed by atoms with E-state index in [1.165, 1.54) is 12.8 Å². The molecule has 5 rings (SSSR count). The van der Waals surface area contributed by atoms with Gasteiger partial charge in [-0.2, -0.15) is 0 Å². The predicted octanol–water partition coefficient (Wildman–Crippen LogP) is 4.44. The van der Waals surface area contributed by atoms with Crippen LogP contribution in [0.5, 0.6) is 0 Å². The molecule has 1 aliphatic heterocycles. The molecular weight excluding hydrogens is 396 g/mol. The van der Waals surface area contributed by atoms with Crippen molar-refractivity contribution in [3.05, 3.63) is 48.5 Å². The highest BCUT2D eigenvalue weighted by molar-refractivity contribution is 7.99. The molecule has 6 nitrogen and oxygen atoms in total. The van der Waals surface area contributed by atoms with Gasteiger partial charge in [-0.25, -0.2) is 4.98 Å². The zero-order valence-electron chi connectivity index (χ0n) is 16.6. The SMILES string of the molecule is O=C(Nc1ccc(Sc2nc3ccccc3[nH]2)cc1)C1CC(=O)N(C2CCCC2)C1. The van der Waals surface area contributed by atoms with Crippen LogP contribution in [0.1, 0.15) is 32.1 Å². The average molecular weight is 421 g/mol. The van der Waals surface area contributed by atoms with Crippen molar-refractivity contribution in [2.24, 2.45) is 5.92 Å². The molecule has 1 saturated carbocycles. The highest BCUT2D eigenvalue weighted by Gasteiger charge is 2.38. The lowest BCUT2D eigenvalue weighted by molar-refractivity contribution is -0.129. The third kappa shape index (κ3) is 3.94. The van der Waals surface area contributed by atoms with Crippen LogP contribution in [0.4, 0.5) is 5.69 Å². The van der Waals surface area contributed by atoms with Crippen molar-refractivity contribution in [3.63, 3.8) is 0 Å². The topological polar surface area (TPSA) is 78.1 Å². The number of likely N-dealkylation sites (tertiary alicyclic amines) is 1. The first-order valence-electron chi connectivity index (χ1n) is 10.5. The van der Waals surface area contributed by atoms with Crippen LogP contribution in [0.3, 0.4) is 0 Å². The van der Waals surface area contributed by atoms with E-state index >= 15 is 0 Å². The molecule has 154 valence electrons. The van der Waals surface area contributed by atoms with Gasteiger partial charge in [-0.05, 0) is 49.2 Å². The number of hydrogen-bond acceptors (Lipinski definition) is 4. The van der Waals surface area contributed by atoms with E-state index in [2.05, 4.69) is 15.3 Å². The van der Waals surface area contributed by atoms with Gasteiger partial charge in [0.05, 0.1) is 17.0 Å². The van der Waals surface area contributed by atoms with E-state index in [1.54, 1.807) is 11.8 Å². The van der Waals surface area contributed by atoms with Gasteiger partial charge >= 0.3 is 0 Å². The average Bonchev–Trinajstić information content (AvgIpc) is 3.48. The molecule has 7 heteroatoms. The summed E-state index contributed by atoms with van der Waals surface area (Å²) in [5.74, 6) is -0.205. The van der Waals surface area contributed by atoms with Crippen LogP contribution in [-0.2, 0) is 9.59 Å². The quantitative estimate of drug-likeness (QED) is 0.639. The maximum atomic E-state index is 12.7. The normalized spacial score (nSPS) is 19.7. The number of hydrogen-bond donors (Lipinski definition) is 2. The fourth-order valence-corrected chi connectivity index (χ4v) is 5.22. The largest absolute Gasteiger partial charge is 0.339 e. The van der Waals surface area contributed by atoms with Crippen LogP contribution in [-0.4, -0.2) is 39.3 Å². The number of imidazole rings is 1. The van der Waals surface area contributed by atoms with Crippen molar-refractivity contribution in [1.29, 1.82) is 0 Å². The first-order valence-corrected chi connectivity index (χ1v) is 11.3. The van der Waals surface area contributed by atoms with E-state index < -0.39 is 0 Å². The first-order chi connectivity index (χ1) is 14.7. The Kier molecular flexibility index (Phi) is 5.21. The smallest absolute Gasteiger partial charge is 0.229 e. The van der Waals surface area contributed by atoms with E-state index in [0.717, 1.165) is 39.6 Å². The van der Waals surface area contributed by atoms with Crippen molar-refractivity contribution in [1.82, 2.24) is 14.9 Å². The second kappa shape index (κ2) is 8.14. The minimum Gasteiger partial charge on any atom is -0.339 e. The summed E-state index contributed by atoms with van der Waals surface area (Å²) in [5.41, 5.74) is 2.71. The number of nitrogens with one attached hydrogen (secondary N) is 2. The van der Waals surface area contributed by atoms with Crippen LogP contribution < -0.4 is 5.32 Å². The van der Waals surface area contributed by atoms with E-state index in [4.69, 9.17) is 0 Å². The maximum Gasteiger partial charge on any atom is 0.229 e. The number of anilines is 1. The fraction of sp³-hybridized carbons (Fsp3) is 0.348. The summed E-state index contributed by atoms with van der Waals surface area (Å²) in [6.07, 6.45) is 4.84. The minimum atomic E-state index is -0.261. The first kappa shape index (κ1) is 19.2. The molecule has 0 spiro atoms. The third-order valence-electron chi connectivity index (χ3n) is 6.00. The molecule has 2 fully saturated rings. The summed E-state index contributed by atoms with van der Waals surface area (Å²) in [7, 11) is 0. The summed E-state index contributed by atoms with van der Waals surface area (Å²) in [4.78, 5) is 35.9. The number of carbonyl (C=O) groups excluding carboxylic acids is 2. The number of nitrogens with zero attached hydrogens (tertiary/aromatic N) is 2. The molecule has 1 aliphatic carbocycles. The Balaban J connectivity index is 1.19. The molecule has 1 unspecified atom stereocenters. The maximum absolute atomic E-state index is 12.7. The van der Waals surface area contributed by atoms with E-state index in [1.807, 2.05) is 53.4 Å². The van der Waals surface area contributed by atoms with Gasteiger partial charge in [0.1, 0.15) is 0 Å². The number of aromatic amines is 1. The van der Waals surface area contributed by atoms with Gasteiger partial charge in [0.25, 0.3) is 0 Å². The van der Waals surface area contributed by atoms with Gasteiger partial charge in [-0.3, -0.25) is 9.59 Å². The third-order valence-corrected chi connectivity index (χ3v) is 6.89. The van der Waals surface area contributed by atoms with Crippen LogP contribution in [0.25, 0.3) is 11.0 Å². The lowest BCUT2D eigenvalue weighted by atomic mass is 10.1. The van der Waals surface area contributed by atoms with Gasteiger partial charge in [-0.15, -0.1) is 0 Å². The number of benzene rings is 2. The van der Waals surface area contributed by atoms with Crippen molar-refractivity contribution in [3.8, 4) is 0 Å². The van der Waals surface area contributed by atoms with Gasteiger partial charge in [0.2, 0.25) is 11.8 Å². The van der Waals surface area contributed by atoms with Crippen molar-refractivity contribution in [2.75, 3.05) is 11.9 Å². The van der Waals surface area contributed by atoms with Gasteiger partial charge in [0.15, 0.2) is 5.16 Å². The van der Waals surface area contributed by atoms with Crippen molar-refractivity contribution in [2.45, 2.75) is 48.2 Å². The molecule has 2 aromatic carbocycles. The fourth-order valence-electron chi connectivity index (χ4n) is 4.42. The van der Waals surface area contributed by atoms with Crippen LogP contribution in [0.15, 0.2) is 58.6 Å². The highest BCUT2D eigenvalue weighted by Crippen LogP contribution is 2.31. The summed E-state index contributed by atoms with van der Waals surface area (Å²) < 4.78 is 0. The molecule has 1 saturated heterocycles. The van der Waals surface area contributed by atoms with E-state index in [9.17, 15) is 9.59 Å². The second-order valence-corrected chi connectivity index (χ2v) is 9.12. The molecule has 1 atom stereocenters. The molecular formula is C23H24N4O2S. The molecule has 2 N–H and O–H groups in total. The van der Waals surface area contributed by atoms with Crippen LogP contribution in [0, 0.1) is 5.92 Å². The summed E-state index contributed by atoms with van der Waals surface area (Å²) >= 11 is 1.55. The van der Waals surface area contributed by atoms with Crippen LogP contribution >= 0.6 is 11.8 Å². The lowest BCUT2D eigenvalue weighted by Crippen LogP contribution is -2.35. The monoisotopic (exact) mass is 420 g/mol. The Bertz CT molecular complexity index is 1040. The zero-order chi connectivity index (χ0) is 20.5. The lowest BCUT2D eigenvalue weighted by Gasteiger charge is -2.23. The van der Waals surface area contributed by atoms with Crippen molar-refractivity contribution >= 4 is 40.3 Å². The Labute approximate surface area is 179 Å². The molecule has 0 bridgehead atoms. The number of aromatic nitrogens is 2. The Morgan fingerprint density at radius 3 is 2.63 bits per heavy atom. The standard InChI is InChI=1S/C23H24N4O2S/c28-21-13-15(14-27(21)17-5-1-2-6-17)22(29)24-16-9-11-18(12-10-16)30-23-25-19-7-3-4-8-20(19)26-23/h3-4,7-12,15,17H,1-2,5-6,13-14H2,(H,24,29)(H,25,26). The highest BCUT2D eigenvalue weighted by atomic mass is 32.2. The molecule has 3 aromatic rings. The number of carbonyl (C=O) groups is 2. The number of H-pyrrole nitrogens is 1. The molecule has 2 aliphatic rings. The second-order valence-electron chi connectivity index (χ2n) is 8.06. The van der Waals surface area contributed by atoms with Crippen molar-refractivity contribution < 1.29 is 9.59 Å². The van der Waals surface area contributed by atoms with Gasteiger partial charge in [-0.1, -0.05) is 36.7 Å². The molecule has 2 amide bonds. The Morgan fingerprint density at radius 1 is 1.10 bits per heavy atom. The Morgan fingerprint density at radius 2 is 1.87 bits per heavy atom. The van der Waals surface area contributed by atoms with Gasteiger partial charge < -0.3 is 15.2 Å². The molecule has 0 radical (unpaired) electrons. The Hall–Kier alpha value is -2.80. The van der Waals surface area contributed by atoms with Gasteiger partial charge in [0, 0.05) is 29.6 Å². The number of fused-ring (bicyclic) bond motifs is 1. The zero-order valence-corrected chi connectivity index (χ0v) is 17.5. The molecule has 30 heavy (non-hydrogen) atoms. The molecule has 2 heterocycles. The predicted molar refractivity (Wildman–Crippen MR) is 117 cm³/mol.